The Kier molecular flexibility index (Phi) is 8.83. The van der Waals surface area contributed by atoms with Crippen molar-refractivity contribution in [1.82, 2.24) is 20.0 Å². The Morgan fingerprint density at radius 3 is 2.26 bits per heavy atom. The van der Waals surface area contributed by atoms with Crippen LogP contribution in [0.4, 0.5) is 4.39 Å². The van der Waals surface area contributed by atoms with Gasteiger partial charge in [0.1, 0.15) is 5.82 Å². The predicted molar refractivity (Wildman–Crippen MR) is 139 cm³/mol. The van der Waals surface area contributed by atoms with E-state index in [-0.39, 0.29) is 23.5 Å². The minimum Gasteiger partial charge on any atom is -0.481 e. The molecule has 1 aliphatic rings. The predicted octanol–water partition coefficient (Wildman–Crippen LogP) is 3.36. The second-order valence-corrected chi connectivity index (χ2v) is 9.52. The van der Waals surface area contributed by atoms with E-state index in [1.54, 1.807) is 28.0 Å². The van der Waals surface area contributed by atoms with Crippen molar-refractivity contribution in [1.29, 1.82) is 0 Å². The largest absolute Gasteiger partial charge is 0.481 e. The van der Waals surface area contributed by atoms with Crippen LogP contribution in [0.25, 0.3) is 10.8 Å². The molecule has 1 saturated heterocycles. The van der Waals surface area contributed by atoms with Crippen LogP contribution < -0.4 is 5.56 Å². The van der Waals surface area contributed by atoms with Crippen LogP contribution in [-0.4, -0.2) is 69.1 Å². The SMILES string of the molecule is O=C(O)CCCCCCC(=O)N1CCN(C(=O)c2cc(Cc3n[nH]c(=O)c4ccccc34)ccc2F)CC1. The number of nitrogens with one attached hydrogen (secondary N) is 1. The Hall–Kier alpha value is -4.08. The minimum atomic E-state index is -0.806. The lowest BCUT2D eigenvalue weighted by atomic mass is 10.0. The zero-order valence-electron chi connectivity index (χ0n) is 21.1. The number of halogens is 1. The number of fused-ring (bicyclic) bond motifs is 1. The molecule has 0 aliphatic carbocycles. The van der Waals surface area contributed by atoms with Gasteiger partial charge in [-0.05, 0) is 36.6 Å². The molecule has 4 rings (SSSR count). The topological polar surface area (TPSA) is 124 Å². The van der Waals surface area contributed by atoms with Crippen LogP contribution in [0.3, 0.4) is 0 Å². The highest BCUT2D eigenvalue weighted by Gasteiger charge is 2.26. The van der Waals surface area contributed by atoms with Crippen LogP contribution in [0.2, 0.25) is 0 Å². The number of aromatic nitrogens is 2. The van der Waals surface area contributed by atoms with Crippen LogP contribution in [0.1, 0.15) is 60.1 Å². The number of unbranched alkanes of at least 4 members (excludes halogenated alkanes) is 3. The van der Waals surface area contributed by atoms with Gasteiger partial charge < -0.3 is 14.9 Å². The van der Waals surface area contributed by atoms with E-state index in [0.717, 1.165) is 12.8 Å². The third-order valence-corrected chi connectivity index (χ3v) is 6.86. The normalized spacial score (nSPS) is 13.6. The van der Waals surface area contributed by atoms with Gasteiger partial charge in [-0.15, -0.1) is 0 Å². The van der Waals surface area contributed by atoms with Crippen molar-refractivity contribution in [2.75, 3.05) is 26.2 Å². The molecular formula is C28H31FN4O5. The summed E-state index contributed by atoms with van der Waals surface area (Å²) in [6, 6.07) is 11.5. The van der Waals surface area contributed by atoms with Gasteiger partial charge in [-0.1, -0.05) is 37.1 Å². The van der Waals surface area contributed by atoms with Gasteiger partial charge in [0.25, 0.3) is 11.5 Å². The summed E-state index contributed by atoms with van der Waals surface area (Å²) in [5.74, 6) is -1.82. The summed E-state index contributed by atoms with van der Waals surface area (Å²) in [4.78, 5) is 51.6. The third kappa shape index (κ3) is 6.62. The maximum atomic E-state index is 14.7. The molecule has 2 N–H and O–H groups in total. The summed E-state index contributed by atoms with van der Waals surface area (Å²) in [6.45, 7) is 1.41. The van der Waals surface area contributed by atoms with Gasteiger partial charge >= 0.3 is 5.97 Å². The second-order valence-electron chi connectivity index (χ2n) is 9.52. The fraction of sp³-hybridized carbons (Fsp3) is 0.393. The molecule has 0 spiro atoms. The Morgan fingerprint density at radius 1 is 0.895 bits per heavy atom. The van der Waals surface area contributed by atoms with Crippen LogP contribution in [0.5, 0.6) is 0 Å². The molecule has 1 aromatic heterocycles. The summed E-state index contributed by atoms with van der Waals surface area (Å²) in [6.07, 6.45) is 3.75. The van der Waals surface area contributed by atoms with E-state index < -0.39 is 17.7 Å². The molecule has 2 aromatic carbocycles. The quantitative estimate of drug-likeness (QED) is 0.394. The molecule has 2 amide bonds. The number of carbonyl (C=O) groups is 3. The van der Waals surface area contributed by atoms with E-state index in [0.29, 0.717) is 73.9 Å². The van der Waals surface area contributed by atoms with Crippen molar-refractivity contribution in [2.45, 2.75) is 44.9 Å². The first-order valence-corrected chi connectivity index (χ1v) is 12.9. The van der Waals surface area contributed by atoms with Gasteiger partial charge in [-0.2, -0.15) is 5.10 Å². The number of rotatable bonds is 10. The molecule has 0 atom stereocenters. The Bertz CT molecular complexity index is 1380. The zero-order chi connectivity index (χ0) is 27.1. The number of amides is 2. The number of piperazine rings is 1. The molecule has 1 aliphatic heterocycles. The number of carboxylic acid groups (broad SMARTS) is 1. The molecule has 3 aromatic rings. The Morgan fingerprint density at radius 2 is 1.55 bits per heavy atom. The first kappa shape index (κ1) is 27.0. The highest BCUT2D eigenvalue weighted by molar-refractivity contribution is 5.95. The van der Waals surface area contributed by atoms with Gasteiger partial charge in [-0.25, -0.2) is 9.49 Å². The molecule has 9 nitrogen and oxygen atoms in total. The Balaban J connectivity index is 1.33. The lowest BCUT2D eigenvalue weighted by molar-refractivity contribution is -0.137. The summed E-state index contributed by atoms with van der Waals surface area (Å²) >= 11 is 0. The Labute approximate surface area is 219 Å². The standard InChI is InChI=1S/C28H31FN4O5/c29-23-12-11-19(18-24-20-7-5-6-8-21(20)27(37)31-30-24)17-22(23)28(38)33-15-13-32(14-16-33)25(34)9-3-1-2-4-10-26(35)36/h5-8,11-12,17H,1-4,9-10,13-16,18H2,(H,31,37)(H,35,36). The lowest BCUT2D eigenvalue weighted by Crippen LogP contribution is -2.50. The fourth-order valence-electron chi connectivity index (χ4n) is 4.74. The molecule has 38 heavy (non-hydrogen) atoms. The number of H-pyrrole nitrogens is 1. The molecule has 0 saturated carbocycles. The average Bonchev–Trinajstić information content (AvgIpc) is 2.92. The van der Waals surface area contributed by atoms with Gasteiger partial charge in [0.2, 0.25) is 5.91 Å². The van der Waals surface area contributed by atoms with Gasteiger partial charge in [0, 0.05) is 50.8 Å². The second kappa shape index (κ2) is 12.4. The van der Waals surface area contributed by atoms with Crippen molar-refractivity contribution in [3.63, 3.8) is 0 Å². The number of aliphatic carboxylic acids is 1. The number of aromatic amines is 1. The number of benzene rings is 2. The molecule has 0 bridgehead atoms. The van der Waals surface area contributed by atoms with E-state index in [2.05, 4.69) is 10.2 Å². The van der Waals surface area contributed by atoms with E-state index >= 15 is 0 Å². The lowest BCUT2D eigenvalue weighted by Gasteiger charge is -2.35. The van der Waals surface area contributed by atoms with Crippen LogP contribution in [0, 0.1) is 5.82 Å². The fourth-order valence-corrected chi connectivity index (χ4v) is 4.74. The molecule has 0 unspecified atom stereocenters. The maximum Gasteiger partial charge on any atom is 0.303 e. The molecular weight excluding hydrogens is 491 g/mol. The summed E-state index contributed by atoms with van der Waals surface area (Å²) in [7, 11) is 0. The van der Waals surface area contributed by atoms with Crippen molar-refractivity contribution in [3.05, 3.63) is 75.5 Å². The number of hydrogen-bond donors (Lipinski definition) is 2. The summed E-state index contributed by atoms with van der Waals surface area (Å²) in [5.41, 5.74) is 1.00. The number of carboxylic acids is 1. The molecule has 10 heteroatoms. The van der Waals surface area contributed by atoms with E-state index in [1.807, 2.05) is 12.1 Å². The van der Waals surface area contributed by atoms with E-state index in [4.69, 9.17) is 5.11 Å². The molecule has 0 radical (unpaired) electrons. The first-order chi connectivity index (χ1) is 18.3. The number of carbonyl (C=O) groups excluding carboxylic acids is 2. The van der Waals surface area contributed by atoms with Gasteiger partial charge in [0.15, 0.2) is 0 Å². The molecule has 200 valence electrons. The van der Waals surface area contributed by atoms with E-state index in [1.165, 1.54) is 12.1 Å². The minimum absolute atomic E-state index is 0.0177. The van der Waals surface area contributed by atoms with Crippen molar-refractivity contribution < 1.29 is 23.9 Å². The van der Waals surface area contributed by atoms with Crippen molar-refractivity contribution in [3.8, 4) is 0 Å². The summed E-state index contributed by atoms with van der Waals surface area (Å²) < 4.78 is 14.7. The first-order valence-electron chi connectivity index (χ1n) is 12.9. The average molecular weight is 523 g/mol. The number of hydrogen-bond acceptors (Lipinski definition) is 5. The highest BCUT2D eigenvalue weighted by atomic mass is 19.1. The van der Waals surface area contributed by atoms with Crippen molar-refractivity contribution in [2.24, 2.45) is 0 Å². The highest BCUT2D eigenvalue weighted by Crippen LogP contribution is 2.20. The van der Waals surface area contributed by atoms with Gasteiger partial charge in [0.05, 0.1) is 16.6 Å². The maximum absolute atomic E-state index is 14.7. The molecule has 1 fully saturated rings. The van der Waals surface area contributed by atoms with Crippen LogP contribution >= 0.6 is 0 Å². The zero-order valence-corrected chi connectivity index (χ0v) is 21.1. The van der Waals surface area contributed by atoms with Gasteiger partial charge in [-0.3, -0.25) is 19.2 Å². The van der Waals surface area contributed by atoms with Crippen LogP contribution in [-0.2, 0) is 16.0 Å². The monoisotopic (exact) mass is 522 g/mol. The third-order valence-electron chi connectivity index (χ3n) is 6.86. The van der Waals surface area contributed by atoms with Crippen molar-refractivity contribution >= 4 is 28.6 Å². The van der Waals surface area contributed by atoms with Crippen LogP contribution in [0.15, 0.2) is 47.3 Å². The van der Waals surface area contributed by atoms with E-state index in [9.17, 15) is 23.6 Å². The smallest absolute Gasteiger partial charge is 0.303 e. The molecule has 2 heterocycles. The summed E-state index contributed by atoms with van der Waals surface area (Å²) in [5, 5.41) is 16.6. The number of nitrogens with zero attached hydrogens (tertiary/aromatic N) is 3.